The van der Waals surface area contributed by atoms with Gasteiger partial charge in [0.15, 0.2) is 0 Å². The maximum atomic E-state index is 11.2. The van der Waals surface area contributed by atoms with Crippen molar-refractivity contribution < 1.29 is 14.6 Å². The highest BCUT2D eigenvalue weighted by Crippen LogP contribution is 2.18. The van der Waals surface area contributed by atoms with Crippen LogP contribution in [0, 0.1) is 5.92 Å². The molecule has 0 amide bonds. The molecule has 0 aliphatic carbocycles. The zero-order chi connectivity index (χ0) is 23.6. The summed E-state index contributed by atoms with van der Waals surface area (Å²) in [5.74, 6) is 0.550. The minimum Gasteiger partial charge on any atom is -0.463 e. The molecule has 0 radical (unpaired) electrons. The Bertz CT molecular complexity index is 343. The van der Waals surface area contributed by atoms with Crippen molar-refractivity contribution in [3.05, 3.63) is 0 Å². The maximum Gasteiger partial charge on any atom is 0.306 e. The Kier molecular flexibility index (Phi) is 28.9. The van der Waals surface area contributed by atoms with E-state index in [-0.39, 0.29) is 12.1 Å². The summed E-state index contributed by atoms with van der Waals surface area (Å²) >= 11 is 0. The third kappa shape index (κ3) is 27.4. The summed E-state index contributed by atoms with van der Waals surface area (Å²) in [6.07, 6.45) is 23.5. The fraction of sp³-hybridized carbons (Fsp3) is 0.964. The van der Waals surface area contributed by atoms with Gasteiger partial charge in [-0.25, -0.2) is 0 Å². The highest BCUT2D eigenvalue weighted by Gasteiger charge is 2.07. The van der Waals surface area contributed by atoms with Crippen LogP contribution in [0.1, 0.15) is 157 Å². The zero-order valence-electron chi connectivity index (χ0n) is 22.1. The number of aliphatic hydroxyl groups excluding tert-OH is 1. The Morgan fingerprint density at radius 3 is 1.55 bits per heavy atom. The van der Waals surface area contributed by atoms with Gasteiger partial charge >= 0.3 is 5.97 Å². The number of rotatable bonds is 21. The first-order chi connectivity index (χ1) is 15.0. The second-order valence-corrected chi connectivity index (χ2v) is 9.33. The van der Waals surface area contributed by atoms with Crippen molar-refractivity contribution in [1.29, 1.82) is 0 Å². The number of esters is 1. The first kappa shape index (κ1) is 32.6. The lowest BCUT2D eigenvalue weighted by Crippen LogP contribution is -2.13. The third-order valence-corrected chi connectivity index (χ3v) is 6.08. The second-order valence-electron chi connectivity index (χ2n) is 9.33. The van der Waals surface area contributed by atoms with Gasteiger partial charge in [-0.05, 0) is 38.5 Å². The van der Waals surface area contributed by atoms with E-state index in [0.29, 0.717) is 18.9 Å². The van der Waals surface area contributed by atoms with Crippen LogP contribution in [0.5, 0.6) is 0 Å². The number of carbonyl (C=O) groups is 1. The van der Waals surface area contributed by atoms with Gasteiger partial charge in [0.1, 0.15) is 0 Å². The van der Waals surface area contributed by atoms with E-state index < -0.39 is 0 Å². The van der Waals surface area contributed by atoms with Crippen LogP contribution in [0.3, 0.4) is 0 Å². The molecule has 188 valence electrons. The molecule has 0 saturated carbocycles. The average molecular weight is 443 g/mol. The van der Waals surface area contributed by atoms with Gasteiger partial charge in [0, 0.05) is 13.0 Å². The Labute approximate surface area is 196 Å². The number of ether oxygens (including phenoxy) is 1. The van der Waals surface area contributed by atoms with Crippen molar-refractivity contribution in [1.82, 2.24) is 0 Å². The van der Waals surface area contributed by atoms with E-state index in [2.05, 4.69) is 20.8 Å². The van der Waals surface area contributed by atoms with Gasteiger partial charge in [-0.2, -0.15) is 0 Å². The SMILES string of the molecule is CCCCCCCC(=O)OC(C)CC.CCCCCCCCC(CO)CCCCCC. The normalized spacial score (nSPS) is 12.7. The summed E-state index contributed by atoms with van der Waals surface area (Å²) in [5.41, 5.74) is 0. The number of aliphatic hydroxyl groups is 1. The Morgan fingerprint density at radius 2 is 1.10 bits per heavy atom. The molecule has 3 heteroatoms. The molecule has 0 rings (SSSR count). The average Bonchev–Trinajstić information content (AvgIpc) is 2.77. The first-order valence-corrected chi connectivity index (χ1v) is 13.9. The van der Waals surface area contributed by atoms with Crippen LogP contribution >= 0.6 is 0 Å². The lowest BCUT2D eigenvalue weighted by atomic mass is 9.95. The molecule has 2 atom stereocenters. The third-order valence-electron chi connectivity index (χ3n) is 6.08. The smallest absolute Gasteiger partial charge is 0.306 e. The van der Waals surface area contributed by atoms with Crippen molar-refractivity contribution in [3.63, 3.8) is 0 Å². The van der Waals surface area contributed by atoms with Gasteiger partial charge in [0.05, 0.1) is 6.10 Å². The van der Waals surface area contributed by atoms with Crippen molar-refractivity contribution >= 4 is 5.97 Å². The lowest BCUT2D eigenvalue weighted by molar-refractivity contribution is -0.148. The van der Waals surface area contributed by atoms with E-state index in [4.69, 9.17) is 4.74 Å². The van der Waals surface area contributed by atoms with Crippen molar-refractivity contribution in [2.75, 3.05) is 6.61 Å². The van der Waals surface area contributed by atoms with Gasteiger partial charge in [-0.1, -0.05) is 118 Å². The topological polar surface area (TPSA) is 46.5 Å². The maximum absolute atomic E-state index is 11.2. The van der Waals surface area contributed by atoms with Crippen LogP contribution in [0.4, 0.5) is 0 Å². The van der Waals surface area contributed by atoms with Gasteiger partial charge in [0.25, 0.3) is 0 Å². The Morgan fingerprint density at radius 1 is 0.677 bits per heavy atom. The molecule has 31 heavy (non-hydrogen) atoms. The lowest BCUT2D eigenvalue weighted by Gasteiger charge is -2.13. The summed E-state index contributed by atoms with van der Waals surface area (Å²) in [6.45, 7) is 11.1. The van der Waals surface area contributed by atoms with Crippen LogP contribution in [-0.2, 0) is 9.53 Å². The molecule has 0 aromatic heterocycles. The summed E-state index contributed by atoms with van der Waals surface area (Å²) < 4.78 is 5.17. The number of carbonyl (C=O) groups excluding carboxylic acids is 1. The molecule has 1 N–H and O–H groups in total. The molecule has 0 aliphatic rings. The molecular formula is C28H58O3. The standard InChI is InChI=1S/C16H34O.C12H24O2/c1-3-5-7-9-10-12-14-16(15-17)13-11-8-6-4-2;1-4-6-7-8-9-10-12(13)14-11(3)5-2/h16-17H,3-15H2,1-2H3;11H,4-10H2,1-3H3. The Hall–Kier alpha value is -0.570. The van der Waals surface area contributed by atoms with E-state index in [1.54, 1.807) is 0 Å². The molecule has 0 aromatic rings. The van der Waals surface area contributed by atoms with E-state index in [0.717, 1.165) is 19.3 Å². The van der Waals surface area contributed by atoms with Crippen LogP contribution in [0.15, 0.2) is 0 Å². The van der Waals surface area contributed by atoms with Gasteiger partial charge < -0.3 is 9.84 Å². The molecule has 0 fully saturated rings. The molecular weight excluding hydrogens is 384 g/mol. The molecule has 0 heterocycles. The quantitative estimate of drug-likeness (QED) is 0.142. The van der Waals surface area contributed by atoms with Crippen LogP contribution in [0.25, 0.3) is 0 Å². The minimum atomic E-state index is -0.0316. The molecule has 2 unspecified atom stereocenters. The van der Waals surface area contributed by atoms with E-state index >= 15 is 0 Å². The summed E-state index contributed by atoms with van der Waals surface area (Å²) in [7, 11) is 0. The van der Waals surface area contributed by atoms with E-state index in [9.17, 15) is 9.90 Å². The molecule has 0 aromatic carbocycles. The van der Waals surface area contributed by atoms with Crippen LogP contribution < -0.4 is 0 Å². The highest BCUT2D eigenvalue weighted by molar-refractivity contribution is 5.69. The molecule has 0 spiro atoms. The summed E-state index contributed by atoms with van der Waals surface area (Å²) in [5, 5.41) is 9.32. The van der Waals surface area contributed by atoms with Crippen LogP contribution in [-0.4, -0.2) is 23.8 Å². The van der Waals surface area contributed by atoms with E-state index in [1.807, 2.05) is 13.8 Å². The van der Waals surface area contributed by atoms with E-state index in [1.165, 1.54) is 96.3 Å². The fourth-order valence-corrected chi connectivity index (χ4v) is 3.64. The number of hydrogen-bond acceptors (Lipinski definition) is 3. The molecule has 0 aliphatic heterocycles. The van der Waals surface area contributed by atoms with Crippen molar-refractivity contribution in [3.8, 4) is 0 Å². The molecule has 0 bridgehead atoms. The largest absolute Gasteiger partial charge is 0.463 e. The monoisotopic (exact) mass is 442 g/mol. The Balaban J connectivity index is 0. The molecule has 3 nitrogen and oxygen atoms in total. The first-order valence-electron chi connectivity index (χ1n) is 13.9. The number of hydrogen-bond donors (Lipinski definition) is 1. The summed E-state index contributed by atoms with van der Waals surface area (Å²) in [4.78, 5) is 11.2. The number of unbranched alkanes of at least 4 members (excludes halogenated alkanes) is 12. The molecule has 0 saturated heterocycles. The van der Waals surface area contributed by atoms with Gasteiger partial charge in [-0.3, -0.25) is 4.79 Å². The van der Waals surface area contributed by atoms with Gasteiger partial charge in [-0.15, -0.1) is 0 Å². The van der Waals surface area contributed by atoms with Crippen LogP contribution in [0.2, 0.25) is 0 Å². The minimum absolute atomic E-state index is 0.0316. The van der Waals surface area contributed by atoms with Gasteiger partial charge in [0.2, 0.25) is 0 Å². The second kappa shape index (κ2) is 27.5. The van der Waals surface area contributed by atoms with Crippen molar-refractivity contribution in [2.24, 2.45) is 5.92 Å². The van der Waals surface area contributed by atoms with Crippen molar-refractivity contribution in [2.45, 2.75) is 163 Å². The predicted molar refractivity (Wildman–Crippen MR) is 137 cm³/mol. The zero-order valence-corrected chi connectivity index (χ0v) is 22.1. The highest BCUT2D eigenvalue weighted by atomic mass is 16.5. The predicted octanol–water partition coefficient (Wildman–Crippen LogP) is 9.00. The fourth-order valence-electron chi connectivity index (χ4n) is 3.64. The summed E-state index contributed by atoms with van der Waals surface area (Å²) in [6, 6.07) is 0.